The zero-order valence-corrected chi connectivity index (χ0v) is 19.7. The summed E-state index contributed by atoms with van der Waals surface area (Å²) < 4.78 is 17.5. The number of carbonyl (C=O) groups is 1. The van der Waals surface area contributed by atoms with Gasteiger partial charge in [0.25, 0.3) is 0 Å². The number of aryl methyl sites for hydroxylation is 1. The lowest BCUT2D eigenvalue weighted by Crippen LogP contribution is -2.30. The van der Waals surface area contributed by atoms with Crippen LogP contribution in [0.2, 0.25) is 0 Å². The molecule has 1 N–H and O–H groups in total. The molecule has 0 spiro atoms. The molecule has 0 saturated heterocycles. The Labute approximate surface area is 189 Å². The van der Waals surface area contributed by atoms with Gasteiger partial charge in [0, 0.05) is 46.8 Å². The predicted molar refractivity (Wildman–Crippen MR) is 129 cm³/mol. The largest absolute Gasteiger partial charge is 0.496 e. The standard InChI is InChI=1S/C26H32N2O4/c1-7-31-25-18(3)26-21(22(16-32-26)19-10-8-9-11-23(19)30-6)15-20(25)17(2)14-24(29)27-12-13-28(4)5/h8-11,14-16H,7,12-13H2,1-6H3,(H,27,29)/b17-14+. The molecular formula is C26H32N2O4. The van der Waals surface area contributed by atoms with Crippen LogP contribution in [-0.4, -0.2) is 51.7 Å². The summed E-state index contributed by atoms with van der Waals surface area (Å²) in [4.78, 5) is 14.5. The van der Waals surface area contributed by atoms with E-state index >= 15 is 0 Å². The molecule has 3 aromatic rings. The highest BCUT2D eigenvalue weighted by Gasteiger charge is 2.20. The Bertz CT molecular complexity index is 1130. The number of methoxy groups -OCH3 is 1. The molecule has 0 bridgehead atoms. The van der Waals surface area contributed by atoms with Crippen molar-refractivity contribution < 1.29 is 18.7 Å². The van der Waals surface area contributed by atoms with E-state index in [1.807, 2.05) is 70.1 Å². The number of para-hydroxylation sites is 1. The number of likely N-dealkylation sites (N-methyl/N-ethyl adjacent to an activating group) is 1. The maximum Gasteiger partial charge on any atom is 0.244 e. The molecular weight excluding hydrogens is 404 g/mol. The fourth-order valence-corrected chi connectivity index (χ4v) is 3.74. The van der Waals surface area contributed by atoms with E-state index in [0.717, 1.165) is 56.8 Å². The van der Waals surface area contributed by atoms with Crippen molar-refractivity contribution in [2.45, 2.75) is 20.8 Å². The van der Waals surface area contributed by atoms with Gasteiger partial charge in [0.15, 0.2) is 0 Å². The van der Waals surface area contributed by atoms with Crippen molar-refractivity contribution in [2.75, 3.05) is 40.9 Å². The lowest BCUT2D eigenvalue weighted by Gasteiger charge is -2.15. The molecule has 1 amide bonds. The summed E-state index contributed by atoms with van der Waals surface area (Å²) >= 11 is 0. The van der Waals surface area contributed by atoms with E-state index in [4.69, 9.17) is 13.9 Å². The summed E-state index contributed by atoms with van der Waals surface area (Å²) in [5, 5.41) is 3.88. The van der Waals surface area contributed by atoms with Crippen LogP contribution in [0.4, 0.5) is 0 Å². The van der Waals surface area contributed by atoms with Gasteiger partial charge in [0.1, 0.15) is 17.1 Å². The van der Waals surface area contributed by atoms with E-state index in [2.05, 4.69) is 5.32 Å². The number of allylic oxidation sites excluding steroid dienone is 1. The average Bonchev–Trinajstić information content (AvgIpc) is 3.19. The number of fused-ring (bicyclic) bond motifs is 1. The van der Waals surface area contributed by atoms with Gasteiger partial charge in [-0.1, -0.05) is 18.2 Å². The summed E-state index contributed by atoms with van der Waals surface area (Å²) in [6.07, 6.45) is 3.38. The highest BCUT2D eigenvalue weighted by molar-refractivity contribution is 6.02. The minimum Gasteiger partial charge on any atom is -0.496 e. The van der Waals surface area contributed by atoms with Gasteiger partial charge in [-0.3, -0.25) is 4.79 Å². The summed E-state index contributed by atoms with van der Waals surface area (Å²) in [6.45, 7) is 7.75. The first kappa shape index (κ1) is 23.4. The quantitative estimate of drug-likeness (QED) is 0.484. The fraction of sp³-hybridized carbons (Fsp3) is 0.346. The molecule has 0 aliphatic heterocycles. The molecule has 0 radical (unpaired) electrons. The Hall–Kier alpha value is -3.25. The monoisotopic (exact) mass is 436 g/mol. The number of nitrogens with one attached hydrogen (secondary N) is 1. The SMILES string of the molecule is CCOc1c(/C(C)=C/C(=O)NCCN(C)C)cc2c(-c3ccccc3OC)coc2c1C. The summed E-state index contributed by atoms with van der Waals surface area (Å²) in [7, 11) is 5.61. The first-order valence-electron chi connectivity index (χ1n) is 10.8. The zero-order chi connectivity index (χ0) is 23.3. The van der Waals surface area contributed by atoms with Gasteiger partial charge in [-0.15, -0.1) is 0 Å². The van der Waals surface area contributed by atoms with Crippen LogP contribution in [0.25, 0.3) is 27.7 Å². The Morgan fingerprint density at radius 3 is 2.66 bits per heavy atom. The van der Waals surface area contributed by atoms with Crippen LogP contribution < -0.4 is 14.8 Å². The van der Waals surface area contributed by atoms with Crippen molar-refractivity contribution in [3.63, 3.8) is 0 Å². The third kappa shape index (κ3) is 4.97. The van der Waals surface area contributed by atoms with Crippen molar-refractivity contribution >= 4 is 22.4 Å². The van der Waals surface area contributed by atoms with Crippen molar-refractivity contribution in [2.24, 2.45) is 0 Å². The Kier molecular flexibility index (Phi) is 7.59. The molecule has 0 aliphatic rings. The van der Waals surface area contributed by atoms with E-state index in [1.54, 1.807) is 19.4 Å². The molecule has 6 heteroatoms. The van der Waals surface area contributed by atoms with Gasteiger partial charge in [0.05, 0.1) is 20.0 Å². The predicted octanol–water partition coefficient (Wildman–Crippen LogP) is 4.90. The van der Waals surface area contributed by atoms with Crippen LogP contribution in [-0.2, 0) is 4.79 Å². The second kappa shape index (κ2) is 10.4. The molecule has 0 saturated carbocycles. The van der Waals surface area contributed by atoms with Gasteiger partial charge in [-0.25, -0.2) is 0 Å². The smallest absolute Gasteiger partial charge is 0.244 e. The van der Waals surface area contributed by atoms with Crippen molar-refractivity contribution in [3.8, 4) is 22.6 Å². The van der Waals surface area contributed by atoms with Gasteiger partial charge < -0.3 is 24.1 Å². The van der Waals surface area contributed by atoms with Crippen LogP contribution in [0.5, 0.6) is 11.5 Å². The van der Waals surface area contributed by atoms with Crippen LogP contribution in [0.3, 0.4) is 0 Å². The lowest BCUT2D eigenvalue weighted by molar-refractivity contribution is -0.116. The molecule has 0 fully saturated rings. The number of benzene rings is 2. The fourth-order valence-electron chi connectivity index (χ4n) is 3.74. The number of amides is 1. The summed E-state index contributed by atoms with van der Waals surface area (Å²) in [6, 6.07) is 9.89. The number of hydrogen-bond acceptors (Lipinski definition) is 5. The van der Waals surface area contributed by atoms with E-state index in [-0.39, 0.29) is 5.91 Å². The van der Waals surface area contributed by atoms with Crippen molar-refractivity contribution in [3.05, 3.63) is 53.8 Å². The number of nitrogens with zero attached hydrogens (tertiary/aromatic N) is 1. The first-order chi connectivity index (χ1) is 15.4. The summed E-state index contributed by atoms with van der Waals surface area (Å²) in [5.41, 5.74) is 5.26. The molecule has 0 unspecified atom stereocenters. The molecule has 32 heavy (non-hydrogen) atoms. The average molecular weight is 437 g/mol. The number of carbonyl (C=O) groups excluding carboxylic acids is 1. The zero-order valence-electron chi connectivity index (χ0n) is 19.7. The van der Waals surface area contributed by atoms with Crippen molar-refractivity contribution in [1.29, 1.82) is 0 Å². The van der Waals surface area contributed by atoms with Gasteiger partial charge in [-0.05, 0) is 52.6 Å². The molecule has 6 nitrogen and oxygen atoms in total. The molecule has 2 aromatic carbocycles. The maximum atomic E-state index is 12.5. The van der Waals surface area contributed by atoms with Gasteiger partial charge in [-0.2, -0.15) is 0 Å². The molecule has 0 aliphatic carbocycles. The Morgan fingerprint density at radius 1 is 1.22 bits per heavy atom. The molecule has 1 aromatic heterocycles. The second-order valence-corrected chi connectivity index (χ2v) is 7.96. The first-order valence-corrected chi connectivity index (χ1v) is 10.8. The molecule has 0 atom stereocenters. The van der Waals surface area contributed by atoms with E-state index in [9.17, 15) is 4.79 Å². The summed E-state index contributed by atoms with van der Waals surface area (Å²) in [5.74, 6) is 1.38. The number of furan rings is 1. The van der Waals surface area contributed by atoms with Crippen LogP contribution >= 0.6 is 0 Å². The number of rotatable bonds is 9. The number of hydrogen-bond donors (Lipinski definition) is 1. The molecule has 3 rings (SSSR count). The maximum absolute atomic E-state index is 12.5. The topological polar surface area (TPSA) is 63.9 Å². The molecule has 170 valence electrons. The number of ether oxygens (including phenoxy) is 2. The van der Waals surface area contributed by atoms with Gasteiger partial charge in [0.2, 0.25) is 5.91 Å². The van der Waals surface area contributed by atoms with E-state index in [1.165, 1.54) is 0 Å². The van der Waals surface area contributed by atoms with E-state index < -0.39 is 0 Å². The molecule has 1 heterocycles. The van der Waals surface area contributed by atoms with Gasteiger partial charge >= 0.3 is 0 Å². The van der Waals surface area contributed by atoms with Crippen LogP contribution in [0.15, 0.2) is 47.1 Å². The van der Waals surface area contributed by atoms with E-state index in [0.29, 0.717) is 13.2 Å². The third-order valence-electron chi connectivity index (χ3n) is 5.36. The minimum atomic E-state index is -0.123. The second-order valence-electron chi connectivity index (χ2n) is 7.96. The van der Waals surface area contributed by atoms with Crippen LogP contribution in [0.1, 0.15) is 25.0 Å². The normalized spacial score (nSPS) is 11.8. The Morgan fingerprint density at radius 2 is 1.97 bits per heavy atom. The Balaban J connectivity index is 2.09. The minimum absolute atomic E-state index is 0.123. The van der Waals surface area contributed by atoms with Crippen molar-refractivity contribution in [1.82, 2.24) is 10.2 Å². The highest BCUT2D eigenvalue weighted by atomic mass is 16.5. The van der Waals surface area contributed by atoms with Crippen LogP contribution in [0, 0.1) is 6.92 Å². The third-order valence-corrected chi connectivity index (χ3v) is 5.36. The lowest BCUT2D eigenvalue weighted by atomic mass is 9.96. The highest BCUT2D eigenvalue weighted by Crippen LogP contribution is 2.42.